The quantitative estimate of drug-likeness (QED) is 0.611. The van der Waals surface area contributed by atoms with Gasteiger partial charge in [-0.2, -0.15) is 5.10 Å². The molecule has 2 N–H and O–H groups in total. The van der Waals surface area contributed by atoms with E-state index >= 15 is 0 Å². The van der Waals surface area contributed by atoms with Crippen molar-refractivity contribution in [3.63, 3.8) is 0 Å². The summed E-state index contributed by atoms with van der Waals surface area (Å²) >= 11 is 15.0. The summed E-state index contributed by atoms with van der Waals surface area (Å²) in [5, 5.41) is 14.1. The minimum atomic E-state index is -0.470. The van der Waals surface area contributed by atoms with Gasteiger partial charge in [-0.3, -0.25) is 4.79 Å². The van der Waals surface area contributed by atoms with Crippen LogP contribution in [0.15, 0.2) is 46.0 Å². The third-order valence-electron chi connectivity index (χ3n) is 2.54. The van der Waals surface area contributed by atoms with Crippen molar-refractivity contribution in [3.8, 4) is 5.75 Å². The number of phenolic OH excluding ortho intramolecular Hbond substituents is 1. The van der Waals surface area contributed by atoms with Crippen molar-refractivity contribution in [3.05, 3.63) is 62.0 Å². The topological polar surface area (TPSA) is 61.7 Å². The highest BCUT2D eigenvalue weighted by molar-refractivity contribution is 9.10. The van der Waals surface area contributed by atoms with Gasteiger partial charge in [0.05, 0.1) is 16.8 Å². The van der Waals surface area contributed by atoms with E-state index in [1.807, 2.05) is 0 Å². The summed E-state index contributed by atoms with van der Waals surface area (Å²) in [7, 11) is 0. The van der Waals surface area contributed by atoms with Gasteiger partial charge in [-0.1, -0.05) is 39.1 Å². The molecule has 0 saturated carbocycles. The second kappa shape index (κ2) is 6.93. The van der Waals surface area contributed by atoms with Crippen LogP contribution < -0.4 is 5.43 Å². The molecule has 0 aliphatic carbocycles. The number of nitrogens with one attached hydrogen (secondary N) is 1. The van der Waals surface area contributed by atoms with E-state index in [2.05, 4.69) is 26.5 Å². The normalized spacial score (nSPS) is 10.8. The van der Waals surface area contributed by atoms with Crippen molar-refractivity contribution < 1.29 is 9.90 Å². The number of aromatic hydroxyl groups is 1. The van der Waals surface area contributed by atoms with Gasteiger partial charge in [0.2, 0.25) is 0 Å². The average molecular weight is 388 g/mol. The van der Waals surface area contributed by atoms with Crippen LogP contribution in [0.2, 0.25) is 10.0 Å². The first-order chi connectivity index (χ1) is 9.97. The van der Waals surface area contributed by atoms with Crippen LogP contribution in [-0.4, -0.2) is 17.2 Å². The van der Waals surface area contributed by atoms with Crippen LogP contribution in [0, 0.1) is 0 Å². The Labute approximate surface area is 139 Å². The number of rotatable bonds is 3. The smallest absolute Gasteiger partial charge is 0.272 e. The number of nitrogens with zero attached hydrogens (tertiary/aromatic N) is 1. The number of hydrogen-bond donors (Lipinski definition) is 2. The average Bonchev–Trinajstić information content (AvgIpc) is 2.42. The summed E-state index contributed by atoms with van der Waals surface area (Å²) in [5.74, 6) is -0.414. The van der Waals surface area contributed by atoms with E-state index in [0.29, 0.717) is 10.6 Å². The third kappa shape index (κ3) is 4.20. The van der Waals surface area contributed by atoms with Gasteiger partial charge < -0.3 is 5.11 Å². The van der Waals surface area contributed by atoms with Crippen LogP contribution in [-0.2, 0) is 0 Å². The summed E-state index contributed by atoms with van der Waals surface area (Å²) in [6.07, 6.45) is 1.34. The maximum atomic E-state index is 11.9. The van der Waals surface area contributed by atoms with Crippen molar-refractivity contribution in [2.75, 3.05) is 0 Å². The molecular formula is C14H9BrCl2N2O2. The number of benzene rings is 2. The molecule has 2 rings (SSSR count). The van der Waals surface area contributed by atoms with Crippen LogP contribution in [0.4, 0.5) is 0 Å². The molecule has 0 saturated heterocycles. The molecule has 4 nitrogen and oxygen atoms in total. The van der Waals surface area contributed by atoms with E-state index in [1.165, 1.54) is 24.4 Å². The molecule has 0 atom stereocenters. The van der Waals surface area contributed by atoms with Crippen molar-refractivity contribution in [2.24, 2.45) is 5.10 Å². The zero-order chi connectivity index (χ0) is 15.4. The minimum absolute atomic E-state index is 0.0562. The van der Waals surface area contributed by atoms with Crippen LogP contribution in [0.5, 0.6) is 5.75 Å². The lowest BCUT2D eigenvalue weighted by atomic mass is 10.2. The maximum absolute atomic E-state index is 11.9. The highest BCUT2D eigenvalue weighted by Gasteiger charge is 2.09. The first-order valence-corrected chi connectivity index (χ1v) is 7.29. The molecule has 2 aromatic rings. The lowest BCUT2D eigenvalue weighted by Crippen LogP contribution is -2.18. The summed E-state index contributed by atoms with van der Waals surface area (Å²) in [4.78, 5) is 11.9. The van der Waals surface area contributed by atoms with Crippen LogP contribution >= 0.6 is 39.1 Å². The lowest BCUT2D eigenvalue weighted by Gasteiger charge is -2.03. The van der Waals surface area contributed by atoms with Crippen molar-refractivity contribution in [1.29, 1.82) is 0 Å². The van der Waals surface area contributed by atoms with Crippen LogP contribution in [0.1, 0.15) is 15.9 Å². The first-order valence-electron chi connectivity index (χ1n) is 5.74. The second-order valence-corrected chi connectivity index (χ2v) is 5.79. The van der Waals surface area contributed by atoms with Crippen molar-refractivity contribution >= 4 is 51.3 Å². The molecule has 2 aromatic carbocycles. The predicted octanol–water partition coefficient (Wildman–Crippen LogP) is 4.23. The Morgan fingerprint density at radius 1 is 1.24 bits per heavy atom. The number of halogens is 3. The molecule has 0 spiro atoms. The fourth-order valence-corrected chi connectivity index (χ4v) is 2.40. The van der Waals surface area contributed by atoms with E-state index in [1.54, 1.807) is 18.2 Å². The fraction of sp³-hybridized carbons (Fsp3) is 0. The SMILES string of the molecule is O=C(N/N=C/c1cc(Br)ccc1O)c1ccc(Cl)cc1Cl. The van der Waals surface area contributed by atoms with Gasteiger partial charge in [-0.25, -0.2) is 5.43 Å². The summed E-state index contributed by atoms with van der Waals surface area (Å²) < 4.78 is 0.786. The standard InChI is InChI=1S/C14H9BrCl2N2O2/c15-9-1-4-13(20)8(5-9)7-18-19-14(21)11-3-2-10(16)6-12(11)17/h1-7,20H,(H,19,21)/b18-7+. The van der Waals surface area contributed by atoms with E-state index in [4.69, 9.17) is 23.2 Å². The molecule has 7 heteroatoms. The molecule has 0 bridgehead atoms. The monoisotopic (exact) mass is 386 g/mol. The Balaban J connectivity index is 2.10. The van der Waals surface area contributed by atoms with Gasteiger partial charge >= 0.3 is 0 Å². The molecule has 21 heavy (non-hydrogen) atoms. The molecule has 0 radical (unpaired) electrons. The molecule has 0 aromatic heterocycles. The summed E-state index contributed by atoms with van der Waals surface area (Å²) in [6.45, 7) is 0. The van der Waals surface area contributed by atoms with Gasteiger partial charge in [0, 0.05) is 15.1 Å². The minimum Gasteiger partial charge on any atom is -0.507 e. The zero-order valence-electron chi connectivity index (χ0n) is 10.5. The number of hydrogen-bond acceptors (Lipinski definition) is 3. The van der Waals surface area contributed by atoms with E-state index in [9.17, 15) is 9.90 Å². The first kappa shape index (κ1) is 15.8. The lowest BCUT2D eigenvalue weighted by molar-refractivity contribution is 0.0955. The molecule has 0 fully saturated rings. The van der Waals surface area contributed by atoms with E-state index in [0.717, 1.165) is 4.47 Å². The summed E-state index contributed by atoms with van der Waals surface area (Å²) in [6, 6.07) is 9.42. The summed E-state index contributed by atoms with van der Waals surface area (Å²) in [5.41, 5.74) is 3.06. The largest absolute Gasteiger partial charge is 0.507 e. The maximum Gasteiger partial charge on any atom is 0.272 e. The molecular weight excluding hydrogens is 379 g/mol. The number of carbonyl (C=O) groups excluding carboxylic acids is 1. The Kier molecular flexibility index (Phi) is 5.22. The highest BCUT2D eigenvalue weighted by Crippen LogP contribution is 2.21. The Bertz CT molecular complexity index is 720. The highest BCUT2D eigenvalue weighted by atomic mass is 79.9. The molecule has 0 heterocycles. The van der Waals surface area contributed by atoms with Gasteiger partial charge in [-0.05, 0) is 36.4 Å². The predicted molar refractivity (Wildman–Crippen MR) is 87.3 cm³/mol. The number of phenols is 1. The van der Waals surface area contributed by atoms with E-state index < -0.39 is 5.91 Å². The molecule has 1 amide bonds. The number of carbonyl (C=O) groups is 1. The van der Waals surface area contributed by atoms with Gasteiger partial charge in [0.15, 0.2) is 0 Å². The zero-order valence-corrected chi connectivity index (χ0v) is 13.6. The van der Waals surface area contributed by atoms with Crippen LogP contribution in [0.25, 0.3) is 0 Å². The van der Waals surface area contributed by atoms with Crippen LogP contribution in [0.3, 0.4) is 0 Å². The van der Waals surface area contributed by atoms with Gasteiger partial charge in [0.25, 0.3) is 5.91 Å². The van der Waals surface area contributed by atoms with Crippen molar-refractivity contribution in [2.45, 2.75) is 0 Å². The Hall–Kier alpha value is -1.56. The molecule has 108 valence electrons. The molecule has 0 aliphatic heterocycles. The molecule has 0 aliphatic rings. The van der Waals surface area contributed by atoms with Crippen molar-refractivity contribution in [1.82, 2.24) is 5.43 Å². The Morgan fingerprint density at radius 3 is 2.71 bits per heavy atom. The molecule has 0 unspecified atom stereocenters. The fourth-order valence-electron chi connectivity index (χ4n) is 1.52. The van der Waals surface area contributed by atoms with Gasteiger partial charge in [0.1, 0.15) is 5.75 Å². The van der Waals surface area contributed by atoms with Gasteiger partial charge in [-0.15, -0.1) is 0 Å². The number of hydrazone groups is 1. The second-order valence-electron chi connectivity index (χ2n) is 4.03. The number of amides is 1. The van der Waals surface area contributed by atoms with E-state index in [-0.39, 0.29) is 16.3 Å². The third-order valence-corrected chi connectivity index (χ3v) is 3.58. The Morgan fingerprint density at radius 2 is 2.00 bits per heavy atom.